The van der Waals surface area contributed by atoms with Crippen LogP contribution in [-0.4, -0.2) is 22.6 Å². The number of imidazole rings is 1. The zero-order valence-corrected chi connectivity index (χ0v) is 10.4. The quantitative estimate of drug-likeness (QED) is 0.837. The third kappa shape index (κ3) is 2.07. The highest BCUT2D eigenvalue weighted by Crippen LogP contribution is 2.18. The number of esters is 1. The molecule has 0 spiro atoms. The summed E-state index contributed by atoms with van der Waals surface area (Å²) in [5.74, 6) is -0.243. The number of nitrogens with zero attached hydrogens (tertiary/aromatic N) is 2. The molecule has 1 aromatic carbocycles. The topological polar surface area (TPSA) is 70.1 Å². The van der Waals surface area contributed by atoms with Crippen molar-refractivity contribution in [3.05, 3.63) is 41.9 Å². The smallest absolute Gasteiger partial charge is 0.360 e. The Morgan fingerprint density at radius 3 is 2.94 bits per heavy atom. The molecular weight excluding hydrogens is 230 g/mol. The van der Waals surface area contributed by atoms with E-state index in [0.29, 0.717) is 0 Å². The van der Waals surface area contributed by atoms with Gasteiger partial charge in [-0.2, -0.15) is 0 Å². The number of anilines is 1. The SMILES string of the molecule is CCc1cccc(-n2cnc(C(=O)OC)c2N)c1. The highest BCUT2D eigenvalue weighted by Gasteiger charge is 2.16. The molecule has 0 saturated heterocycles. The molecule has 5 nitrogen and oxygen atoms in total. The lowest BCUT2D eigenvalue weighted by Gasteiger charge is -2.07. The van der Waals surface area contributed by atoms with E-state index in [1.807, 2.05) is 24.3 Å². The summed E-state index contributed by atoms with van der Waals surface area (Å²) in [6.07, 6.45) is 2.46. The predicted molar refractivity (Wildman–Crippen MR) is 68.7 cm³/mol. The number of nitrogen functional groups attached to an aromatic ring is 1. The zero-order chi connectivity index (χ0) is 13.1. The monoisotopic (exact) mass is 245 g/mol. The van der Waals surface area contributed by atoms with Crippen molar-refractivity contribution in [1.82, 2.24) is 9.55 Å². The van der Waals surface area contributed by atoms with Gasteiger partial charge in [-0.1, -0.05) is 19.1 Å². The summed E-state index contributed by atoms with van der Waals surface area (Å²) in [7, 11) is 1.30. The van der Waals surface area contributed by atoms with Crippen LogP contribution in [0.25, 0.3) is 5.69 Å². The number of rotatable bonds is 3. The highest BCUT2D eigenvalue weighted by atomic mass is 16.5. The number of aryl methyl sites for hydroxylation is 1. The van der Waals surface area contributed by atoms with Crippen LogP contribution in [-0.2, 0) is 11.2 Å². The number of hydrogen-bond donors (Lipinski definition) is 1. The molecule has 0 unspecified atom stereocenters. The Balaban J connectivity index is 2.45. The summed E-state index contributed by atoms with van der Waals surface area (Å²) in [5, 5.41) is 0. The number of nitrogens with two attached hydrogens (primary N) is 1. The number of carbonyl (C=O) groups is 1. The van der Waals surface area contributed by atoms with Crippen molar-refractivity contribution in [2.24, 2.45) is 0 Å². The first-order chi connectivity index (χ1) is 8.67. The lowest BCUT2D eigenvalue weighted by molar-refractivity contribution is 0.0596. The van der Waals surface area contributed by atoms with Crippen LogP contribution in [0.1, 0.15) is 23.0 Å². The average molecular weight is 245 g/mol. The third-order valence-electron chi connectivity index (χ3n) is 2.78. The molecule has 0 aliphatic heterocycles. The lowest BCUT2D eigenvalue weighted by Crippen LogP contribution is -2.07. The summed E-state index contributed by atoms with van der Waals surface area (Å²) >= 11 is 0. The van der Waals surface area contributed by atoms with Crippen molar-refractivity contribution < 1.29 is 9.53 Å². The highest BCUT2D eigenvalue weighted by molar-refractivity contribution is 5.92. The number of carbonyl (C=O) groups excluding carboxylic acids is 1. The number of hydrogen-bond acceptors (Lipinski definition) is 4. The Kier molecular flexibility index (Phi) is 3.32. The summed E-state index contributed by atoms with van der Waals surface area (Å²) in [6, 6.07) is 7.92. The Hall–Kier alpha value is -2.30. The standard InChI is InChI=1S/C13H15N3O2/c1-3-9-5-4-6-10(7-9)16-8-15-11(12(16)14)13(17)18-2/h4-8H,3,14H2,1-2H3. The molecule has 18 heavy (non-hydrogen) atoms. The Labute approximate surface area is 105 Å². The minimum absolute atomic E-state index is 0.138. The van der Waals surface area contributed by atoms with Crippen molar-refractivity contribution in [2.45, 2.75) is 13.3 Å². The van der Waals surface area contributed by atoms with Crippen molar-refractivity contribution in [1.29, 1.82) is 0 Å². The molecular formula is C13H15N3O2. The van der Waals surface area contributed by atoms with Gasteiger partial charge >= 0.3 is 5.97 Å². The predicted octanol–water partition coefficient (Wildman–Crippen LogP) is 1.80. The molecule has 2 rings (SSSR count). The van der Waals surface area contributed by atoms with Gasteiger partial charge in [0.05, 0.1) is 7.11 Å². The largest absolute Gasteiger partial charge is 0.464 e. The molecule has 0 saturated carbocycles. The van der Waals surface area contributed by atoms with Crippen LogP contribution in [0.5, 0.6) is 0 Å². The molecule has 2 aromatic rings. The third-order valence-corrected chi connectivity index (χ3v) is 2.78. The second kappa shape index (κ2) is 4.91. The van der Waals surface area contributed by atoms with Crippen LogP contribution in [0.15, 0.2) is 30.6 Å². The molecule has 94 valence electrons. The van der Waals surface area contributed by atoms with Gasteiger partial charge in [0.25, 0.3) is 0 Å². The van der Waals surface area contributed by atoms with Crippen molar-refractivity contribution in [2.75, 3.05) is 12.8 Å². The molecule has 0 aliphatic carbocycles. The van der Waals surface area contributed by atoms with Crippen LogP contribution in [0.4, 0.5) is 5.82 Å². The molecule has 2 N–H and O–H groups in total. The normalized spacial score (nSPS) is 10.3. The maximum absolute atomic E-state index is 11.4. The second-order valence-electron chi connectivity index (χ2n) is 3.86. The van der Waals surface area contributed by atoms with Crippen LogP contribution in [0.2, 0.25) is 0 Å². The maximum atomic E-state index is 11.4. The zero-order valence-electron chi connectivity index (χ0n) is 10.4. The van der Waals surface area contributed by atoms with Crippen LogP contribution in [0.3, 0.4) is 0 Å². The van der Waals surface area contributed by atoms with Gasteiger partial charge in [0.15, 0.2) is 5.69 Å². The van der Waals surface area contributed by atoms with Gasteiger partial charge in [0.1, 0.15) is 12.1 Å². The van der Waals surface area contributed by atoms with E-state index in [9.17, 15) is 4.79 Å². The van der Waals surface area contributed by atoms with E-state index in [1.54, 1.807) is 4.57 Å². The second-order valence-corrected chi connectivity index (χ2v) is 3.86. The molecule has 0 amide bonds. The van der Waals surface area contributed by atoms with E-state index in [1.165, 1.54) is 19.0 Å². The van der Waals surface area contributed by atoms with Gasteiger partial charge < -0.3 is 10.5 Å². The fraction of sp³-hybridized carbons (Fsp3) is 0.231. The van der Waals surface area contributed by atoms with Gasteiger partial charge in [-0.3, -0.25) is 4.57 Å². The Morgan fingerprint density at radius 2 is 2.28 bits per heavy atom. The van der Waals surface area contributed by atoms with Gasteiger partial charge in [0.2, 0.25) is 0 Å². The summed E-state index contributed by atoms with van der Waals surface area (Å²) in [5.41, 5.74) is 8.12. The number of benzene rings is 1. The van der Waals surface area contributed by atoms with Gasteiger partial charge in [-0.15, -0.1) is 0 Å². The number of ether oxygens (including phenoxy) is 1. The molecule has 1 heterocycles. The first kappa shape index (κ1) is 12.2. The minimum atomic E-state index is -0.530. The molecule has 0 radical (unpaired) electrons. The van der Waals surface area contributed by atoms with Crippen LogP contribution < -0.4 is 5.73 Å². The maximum Gasteiger partial charge on any atom is 0.360 e. The fourth-order valence-corrected chi connectivity index (χ4v) is 1.74. The van der Waals surface area contributed by atoms with E-state index in [-0.39, 0.29) is 11.5 Å². The molecule has 1 aromatic heterocycles. The lowest BCUT2D eigenvalue weighted by atomic mass is 10.1. The number of aromatic nitrogens is 2. The first-order valence-electron chi connectivity index (χ1n) is 5.67. The molecule has 0 fully saturated rings. The van der Waals surface area contributed by atoms with Crippen LogP contribution >= 0.6 is 0 Å². The summed E-state index contributed by atoms with van der Waals surface area (Å²) in [4.78, 5) is 15.4. The van der Waals surface area contributed by atoms with Crippen molar-refractivity contribution >= 4 is 11.8 Å². The first-order valence-corrected chi connectivity index (χ1v) is 5.67. The van der Waals surface area contributed by atoms with Crippen LogP contribution in [0, 0.1) is 0 Å². The number of methoxy groups -OCH3 is 1. The summed E-state index contributed by atoms with van der Waals surface area (Å²) < 4.78 is 6.29. The fourth-order valence-electron chi connectivity index (χ4n) is 1.74. The Morgan fingerprint density at radius 1 is 1.50 bits per heavy atom. The van der Waals surface area contributed by atoms with E-state index in [0.717, 1.165) is 12.1 Å². The van der Waals surface area contributed by atoms with Crippen molar-refractivity contribution in [3.63, 3.8) is 0 Å². The van der Waals surface area contributed by atoms with Crippen molar-refractivity contribution in [3.8, 4) is 5.69 Å². The van der Waals surface area contributed by atoms with Gasteiger partial charge in [-0.05, 0) is 24.1 Å². The van der Waals surface area contributed by atoms with E-state index in [4.69, 9.17) is 5.73 Å². The van der Waals surface area contributed by atoms with E-state index in [2.05, 4.69) is 16.6 Å². The summed E-state index contributed by atoms with van der Waals surface area (Å²) in [6.45, 7) is 2.08. The minimum Gasteiger partial charge on any atom is -0.464 e. The van der Waals surface area contributed by atoms with E-state index >= 15 is 0 Å². The van der Waals surface area contributed by atoms with Gasteiger partial charge in [0, 0.05) is 5.69 Å². The molecule has 0 atom stereocenters. The molecule has 0 aliphatic rings. The van der Waals surface area contributed by atoms with E-state index < -0.39 is 5.97 Å². The molecule has 5 heteroatoms. The van der Waals surface area contributed by atoms with Gasteiger partial charge in [-0.25, -0.2) is 9.78 Å². The molecule has 0 bridgehead atoms. The Bertz CT molecular complexity index is 575. The average Bonchev–Trinajstić information content (AvgIpc) is 2.80.